The van der Waals surface area contributed by atoms with Gasteiger partial charge in [0.1, 0.15) is 22.1 Å². The monoisotopic (exact) mass is 1050 g/mol. The Bertz CT molecular complexity index is 3260. The summed E-state index contributed by atoms with van der Waals surface area (Å²) < 4.78 is 84.5. The van der Waals surface area contributed by atoms with Crippen molar-refractivity contribution in [2.24, 2.45) is 11.3 Å². The minimum atomic E-state index is -4.76. The highest BCUT2D eigenvalue weighted by Crippen LogP contribution is 2.54. The molecule has 1 amide bonds. The molecule has 4 N–H and O–H groups in total. The molecule has 0 bridgehead atoms. The molecule has 0 unspecified atom stereocenters. The van der Waals surface area contributed by atoms with Crippen molar-refractivity contribution in [1.82, 2.24) is 29.5 Å². The average Bonchev–Trinajstić information content (AvgIpc) is 3.73. The predicted octanol–water partition coefficient (Wildman–Crippen LogP) is 9.21. The summed E-state index contributed by atoms with van der Waals surface area (Å²) in [6.45, 7) is 10.6. The number of methoxy groups -OCH3 is 1. The van der Waals surface area contributed by atoms with Crippen LogP contribution < -0.4 is 24.4 Å². The molecular formula is C54H60F3N9O8S. The average molecular weight is 1050 g/mol. The number of amides is 1. The molecule has 0 radical (unpaired) electrons. The lowest BCUT2D eigenvalue weighted by Gasteiger charge is -2.63. The van der Waals surface area contributed by atoms with E-state index < -0.39 is 54.5 Å². The Balaban J connectivity index is 0.869. The molecule has 3 aromatic heterocycles. The molecule has 2 aliphatic carbocycles. The summed E-state index contributed by atoms with van der Waals surface area (Å²) in [4.78, 5) is 43.2. The number of carbonyl (C=O) groups is 1. The van der Waals surface area contributed by atoms with E-state index in [2.05, 4.69) is 73.1 Å². The maximum atomic E-state index is 14.9. The SMILES string of the molecule is COc1nc2[nH]cc(F)c2cc1Oc1cc(N2CC3(CC(N4CCN(Cc5ccc(F)c(F)c5)C[C@H]4c4ccccc4C(C)C)C3)C2)ccc1C(=O)NS(=O)(=O)c1cnc(NCC2CCC(C)(O)CC2)c([N+](=O)[O-])c1. The number of aromatic nitrogens is 3. The van der Waals surface area contributed by atoms with Crippen LogP contribution in [-0.4, -0.2) is 107 Å². The Morgan fingerprint density at radius 1 is 0.987 bits per heavy atom. The van der Waals surface area contributed by atoms with Crippen LogP contribution in [0.4, 0.5) is 30.4 Å². The summed E-state index contributed by atoms with van der Waals surface area (Å²) in [7, 11) is -3.42. The van der Waals surface area contributed by atoms with Gasteiger partial charge in [-0.15, -0.1) is 0 Å². The Morgan fingerprint density at radius 3 is 2.47 bits per heavy atom. The van der Waals surface area contributed by atoms with Gasteiger partial charge in [-0.2, -0.15) is 4.98 Å². The Labute approximate surface area is 432 Å². The minimum Gasteiger partial charge on any atom is -0.478 e. The van der Waals surface area contributed by atoms with E-state index in [0.29, 0.717) is 69.5 Å². The fourth-order valence-corrected chi connectivity index (χ4v) is 12.4. The first-order valence-corrected chi connectivity index (χ1v) is 26.7. The maximum absolute atomic E-state index is 14.9. The largest absolute Gasteiger partial charge is 0.478 e. The number of nitro groups is 1. The standard InChI is InChI=1S/C54H60F3N9O8S/c1-32(2)38-7-5-6-8-39(38)46-29-63(28-34-9-12-42(55)43(56)19-34)17-18-65(46)36-23-54(24-36)30-64(31-54)35-10-11-40(47(20-35)74-48-22-41-44(57)27-60-49(41)61-52(48)73-4)51(67)62-75(71,72)37-21-45(66(69)70)50(59-26-37)58-25-33-13-15-53(3,68)16-14-33/h5-12,19-22,26-27,32-33,36,46,68H,13-18,23-25,28-31H2,1-4H3,(H,58,59)(H,60,61)(H,62,67)/t33?,46-,53?/m0/s1. The van der Waals surface area contributed by atoms with Crippen molar-refractivity contribution in [3.8, 4) is 17.4 Å². The van der Waals surface area contributed by atoms with Crippen LogP contribution in [0.5, 0.6) is 17.4 Å². The zero-order valence-corrected chi connectivity index (χ0v) is 42.9. The highest BCUT2D eigenvalue weighted by molar-refractivity contribution is 7.90. The first kappa shape index (κ1) is 51.7. The maximum Gasteiger partial charge on any atom is 0.312 e. The third kappa shape index (κ3) is 10.7. The number of hydrogen-bond donors (Lipinski definition) is 4. The van der Waals surface area contributed by atoms with Crippen LogP contribution in [0.15, 0.2) is 90.1 Å². The Kier molecular flexibility index (Phi) is 14.0. The van der Waals surface area contributed by atoms with Crippen LogP contribution in [0.2, 0.25) is 0 Å². The van der Waals surface area contributed by atoms with Gasteiger partial charge in [0, 0.05) is 93.4 Å². The zero-order valence-electron chi connectivity index (χ0n) is 42.1. The number of hydrogen-bond acceptors (Lipinski definition) is 14. The van der Waals surface area contributed by atoms with Crippen molar-refractivity contribution in [2.45, 2.75) is 94.3 Å². The fraction of sp³-hybridized carbons (Fsp3) is 0.426. The molecule has 4 aliphatic rings. The number of piperazine rings is 1. The van der Waals surface area contributed by atoms with Gasteiger partial charge < -0.3 is 29.8 Å². The van der Waals surface area contributed by atoms with Gasteiger partial charge in [0.2, 0.25) is 5.82 Å². The smallest absolute Gasteiger partial charge is 0.312 e. The summed E-state index contributed by atoms with van der Waals surface area (Å²) in [5, 5.41) is 25.6. The summed E-state index contributed by atoms with van der Waals surface area (Å²) in [5.41, 5.74) is 2.54. The molecule has 396 valence electrons. The molecule has 10 rings (SSSR count). The van der Waals surface area contributed by atoms with Crippen LogP contribution in [0.25, 0.3) is 11.0 Å². The summed E-state index contributed by atoms with van der Waals surface area (Å²) >= 11 is 0. The van der Waals surface area contributed by atoms with Gasteiger partial charge in [-0.25, -0.2) is 31.3 Å². The van der Waals surface area contributed by atoms with E-state index in [0.717, 1.165) is 56.5 Å². The quantitative estimate of drug-likeness (QED) is 0.0527. The van der Waals surface area contributed by atoms with Crippen LogP contribution in [0.3, 0.4) is 0 Å². The van der Waals surface area contributed by atoms with Gasteiger partial charge in [-0.05, 0) is 98.2 Å². The van der Waals surface area contributed by atoms with Crippen molar-refractivity contribution in [3.05, 3.63) is 135 Å². The van der Waals surface area contributed by atoms with E-state index in [1.165, 1.54) is 42.5 Å². The number of rotatable bonds is 16. The molecular weight excluding hydrogens is 992 g/mol. The number of carbonyl (C=O) groups excluding carboxylic acids is 1. The number of pyridine rings is 2. The molecule has 1 spiro atoms. The summed E-state index contributed by atoms with van der Waals surface area (Å²) in [6, 6.07) is 19.9. The summed E-state index contributed by atoms with van der Waals surface area (Å²) in [6.07, 6.45) is 6.50. The molecule has 2 saturated heterocycles. The lowest BCUT2D eigenvalue weighted by molar-refractivity contribution is -0.384. The second-order valence-electron chi connectivity index (χ2n) is 21.3. The van der Waals surface area contributed by atoms with E-state index in [1.54, 1.807) is 25.1 Å². The molecule has 6 aromatic rings. The molecule has 5 heterocycles. The van der Waals surface area contributed by atoms with Gasteiger partial charge in [-0.3, -0.25) is 24.7 Å². The van der Waals surface area contributed by atoms with E-state index in [4.69, 9.17) is 9.47 Å². The number of aliphatic hydroxyl groups is 1. The van der Waals surface area contributed by atoms with Crippen molar-refractivity contribution < 1.29 is 45.9 Å². The van der Waals surface area contributed by atoms with Gasteiger partial charge in [0.05, 0.1) is 34.8 Å². The normalized spacial score (nSPS) is 21.2. The van der Waals surface area contributed by atoms with Crippen molar-refractivity contribution >= 4 is 44.2 Å². The molecule has 3 aromatic carbocycles. The molecule has 17 nitrogen and oxygen atoms in total. The lowest BCUT2D eigenvalue weighted by atomic mass is 9.59. The van der Waals surface area contributed by atoms with Crippen molar-refractivity contribution in [3.63, 3.8) is 0 Å². The highest BCUT2D eigenvalue weighted by atomic mass is 32.2. The molecule has 21 heteroatoms. The van der Waals surface area contributed by atoms with E-state index in [1.807, 2.05) is 4.72 Å². The van der Waals surface area contributed by atoms with Gasteiger partial charge >= 0.3 is 5.69 Å². The second-order valence-corrected chi connectivity index (χ2v) is 23.0. The Morgan fingerprint density at radius 2 is 1.75 bits per heavy atom. The summed E-state index contributed by atoms with van der Waals surface area (Å²) in [5.74, 6) is -3.36. The fourth-order valence-electron chi connectivity index (χ4n) is 11.5. The number of nitrogens with one attached hydrogen (secondary N) is 3. The van der Waals surface area contributed by atoms with Crippen LogP contribution in [0.1, 0.15) is 98.3 Å². The van der Waals surface area contributed by atoms with E-state index in [-0.39, 0.29) is 57.2 Å². The predicted molar refractivity (Wildman–Crippen MR) is 275 cm³/mol. The lowest BCUT2D eigenvalue weighted by Crippen LogP contribution is -2.68. The zero-order chi connectivity index (χ0) is 53.0. The second kappa shape index (κ2) is 20.4. The number of aromatic amines is 1. The molecule has 1 atom stereocenters. The number of anilines is 2. The molecule has 75 heavy (non-hydrogen) atoms. The number of fused-ring (bicyclic) bond motifs is 1. The highest BCUT2D eigenvalue weighted by Gasteiger charge is 2.55. The van der Waals surface area contributed by atoms with Gasteiger partial charge in [-0.1, -0.05) is 44.2 Å². The number of ether oxygens (including phenoxy) is 2. The number of sulfonamides is 1. The van der Waals surface area contributed by atoms with Gasteiger partial charge in [0.25, 0.3) is 21.8 Å². The molecule has 4 fully saturated rings. The molecule has 2 aliphatic heterocycles. The number of nitrogens with zero attached hydrogens (tertiary/aromatic N) is 6. The van der Waals surface area contributed by atoms with Crippen LogP contribution in [0, 0.1) is 38.9 Å². The number of benzene rings is 3. The van der Waals surface area contributed by atoms with E-state index >= 15 is 0 Å². The van der Waals surface area contributed by atoms with Crippen molar-refractivity contribution in [1.29, 1.82) is 0 Å². The topological polar surface area (TPSA) is 208 Å². The third-order valence-corrected chi connectivity index (χ3v) is 16.9. The number of halogens is 3. The number of H-pyrrole nitrogens is 1. The first-order valence-electron chi connectivity index (χ1n) is 25.2. The van der Waals surface area contributed by atoms with Gasteiger partial charge in [0.15, 0.2) is 17.4 Å². The van der Waals surface area contributed by atoms with Crippen LogP contribution >= 0.6 is 0 Å². The minimum absolute atomic E-state index is 0.00430. The third-order valence-electron chi connectivity index (χ3n) is 15.6. The van der Waals surface area contributed by atoms with Crippen LogP contribution in [-0.2, 0) is 16.6 Å². The van der Waals surface area contributed by atoms with E-state index in [9.17, 15) is 41.6 Å². The molecule has 2 saturated carbocycles. The van der Waals surface area contributed by atoms with Crippen molar-refractivity contribution in [2.75, 3.05) is 56.6 Å². The first-order chi connectivity index (χ1) is 35.8. The Hall–Kier alpha value is -6.81.